The van der Waals surface area contributed by atoms with Gasteiger partial charge in [-0.1, -0.05) is 96.7 Å². The molecule has 2 saturated carbocycles. The van der Waals surface area contributed by atoms with E-state index in [1.165, 1.54) is 107 Å². The van der Waals surface area contributed by atoms with Gasteiger partial charge >= 0.3 is 6.18 Å². The average Bonchev–Trinajstić information content (AvgIpc) is 1.20. The van der Waals surface area contributed by atoms with E-state index in [4.69, 9.17) is 16.3 Å². The first kappa shape index (κ1) is 85.6. The normalized spacial score (nSPS) is 27.6. The largest absolute Gasteiger partial charge is 0.417 e. The quantitative estimate of drug-likeness (QED) is 0.192. The van der Waals surface area contributed by atoms with Crippen LogP contribution in [-0.2, 0) is 74.9 Å². The Bertz CT molecular complexity index is 3240. The Morgan fingerprint density at radius 1 is 0.683 bits per heavy atom. The van der Waals surface area contributed by atoms with Gasteiger partial charge in [0.1, 0.15) is 60.4 Å². The number of amides is 12. The number of halogens is 6. The molecule has 0 radical (unpaired) electrons. The molecule has 1 aromatic carbocycles. The Labute approximate surface area is 613 Å². The summed E-state index contributed by atoms with van der Waals surface area (Å²) < 4.78 is 76.1. The molecule has 0 aromatic heterocycles. The number of fused-ring (bicyclic) bond motifs is 1. The third-order valence-corrected chi connectivity index (χ3v) is 22.1. The minimum absolute atomic E-state index is 0.0331. The molecule has 2 aliphatic carbocycles. The van der Waals surface area contributed by atoms with Gasteiger partial charge in [-0.3, -0.25) is 62.4 Å². The Morgan fingerprint density at radius 3 is 1.83 bits per heavy atom. The maximum absolute atomic E-state index is 15.4. The van der Waals surface area contributed by atoms with Gasteiger partial charge in [-0.05, 0) is 99.7 Å². The Kier molecular flexibility index (Phi) is 30.7. The molecule has 584 valence electrons. The van der Waals surface area contributed by atoms with Gasteiger partial charge in [0.05, 0.1) is 43.2 Å². The molecule has 3 saturated heterocycles. The molecular weight excluding hydrogens is 1390 g/mol. The number of hydrogen-bond acceptors (Lipinski definition) is 14. The molecular formula is C72H111ClF5N13O13. The summed E-state index contributed by atoms with van der Waals surface area (Å²) in [4.78, 5) is 191. The zero-order valence-electron chi connectivity index (χ0n) is 63.1. The summed E-state index contributed by atoms with van der Waals surface area (Å²) >= 11 is 6.15. The molecule has 3 heterocycles. The number of benzene rings is 1. The maximum atomic E-state index is 15.4. The molecule has 3 aliphatic heterocycles. The first-order chi connectivity index (χ1) is 48.7. The fraction of sp³-hybridized carbons (Fsp3) is 0.750. The minimum Gasteiger partial charge on any atom is -0.382 e. The lowest BCUT2D eigenvalue weighted by Gasteiger charge is -2.45. The van der Waals surface area contributed by atoms with E-state index in [-0.39, 0.29) is 69.0 Å². The summed E-state index contributed by atoms with van der Waals surface area (Å²) in [7, 11) is 13.5. The highest BCUT2D eigenvalue weighted by atomic mass is 35.5. The first-order valence-corrected chi connectivity index (χ1v) is 36.7. The van der Waals surface area contributed by atoms with Crippen LogP contribution in [0.5, 0.6) is 0 Å². The second-order valence-electron chi connectivity index (χ2n) is 30.0. The summed E-state index contributed by atoms with van der Waals surface area (Å²) in [5, 5.41) is 7.57. The second kappa shape index (κ2) is 37.3. The molecule has 104 heavy (non-hydrogen) atoms. The number of likely N-dealkylation sites (tertiary alicyclic amines) is 1. The molecule has 26 nitrogen and oxygen atoms in total. The number of rotatable bonds is 16. The number of nitrogens with zero attached hydrogens (tertiary/aromatic N) is 10. The van der Waals surface area contributed by atoms with Gasteiger partial charge in [0.25, 0.3) is 5.92 Å². The number of carbonyl (C=O) groups excluding carboxylic acids is 12. The first-order valence-electron chi connectivity index (χ1n) is 36.4. The minimum atomic E-state index is -4.82. The van der Waals surface area contributed by atoms with Crippen LogP contribution in [0.1, 0.15) is 148 Å². The number of hydrogen-bond donors (Lipinski definition) is 3. The summed E-state index contributed by atoms with van der Waals surface area (Å²) in [6.45, 7) is 5.98. The number of ether oxygens (including phenoxy) is 1. The van der Waals surface area contributed by atoms with E-state index in [0.717, 1.165) is 69.9 Å². The number of carbonyl (C=O) groups is 12. The van der Waals surface area contributed by atoms with Gasteiger partial charge in [-0.15, -0.1) is 0 Å². The molecule has 3 N–H and O–H groups in total. The van der Waals surface area contributed by atoms with Crippen molar-refractivity contribution in [1.82, 2.24) is 64.9 Å². The topological polar surface area (TPSA) is 283 Å². The molecule has 1 aromatic rings. The van der Waals surface area contributed by atoms with Crippen molar-refractivity contribution in [3.63, 3.8) is 0 Å². The van der Waals surface area contributed by atoms with Gasteiger partial charge in [-0.25, -0.2) is 8.78 Å². The monoisotopic (exact) mass is 1500 g/mol. The fourth-order valence-corrected chi connectivity index (χ4v) is 15.2. The lowest BCUT2D eigenvalue weighted by atomic mass is 9.84. The van der Waals surface area contributed by atoms with E-state index in [9.17, 15) is 55.5 Å². The lowest BCUT2D eigenvalue weighted by molar-refractivity contribution is -0.160. The zero-order chi connectivity index (χ0) is 77.7. The Morgan fingerprint density at radius 2 is 1.28 bits per heavy atom. The Hall–Kier alpha value is -7.28. The Balaban J connectivity index is 1.47. The molecule has 12 amide bonds. The van der Waals surface area contributed by atoms with E-state index in [1.807, 2.05) is 20.8 Å². The van der Waals surface area contributed by atoms with Crippen LogP contribution in [0.4, 0.5) is 22.0 Å². The summed E-state index contributed by atoms with van der Waals surface area (Å²) in [5.74, 6) is -13.6. The van der Waals surface area contributed by atoms with Crippen molar-refractivity contribution in [3.05, 3.63) is 34.3 Å². The fourth-order valence-electron chi connectivity index (χ4n) is 14.8. The molecule has 6 rings (SSSR count). The van der Waals surface area contributed by atoms with Crippen LogP contribution >= 0.6 is 11.6 Å². The predicted octanol–water partition coefficient (Wildman–Crippen LogP) is 4.52. The van der Waals surface area contributed by atoms with Gasteiger partial charge < -0.3 is 64.8 Å². The van der Waals surface area contributed by atoms with Crippen molar-refractivity contribution in [2.45, 2.75) is 216 Å². The van der Waals surface area contributed by atoms with Crippen LogP contribution < -0.4 is 16.0 Å². The number of methoxy groups -OCH3 is 1. The average molecular weight is 1500 g/mol. The van der Waals surface area contributed by atoms with Crippen molar-refractivity contribution in [3.8, 4) is 0 Å². The number of alkyl halides is 5. The standard InChI is InChI=1S/C72H111ClF5N13O13/c1-16-43(4)59-69(102)84(9)44(5)63(96)91-33-31-53(91)68(101)87(12)55(36-45-22-18-17-19-23-45)67(100)83(8)38-57(92)79-50(29-27-46-26-28-48(49(73)35-46)72(76,77)78)64(97)86(11)52(30-32-90-40-71(74,75)41-90)61(94)80-51(39-104-15)65(98)89(14)60(47-24-20-21-25-47)70(103)88(13)56(66(99)82(6)7)37-58(93)85(10)54(34-42(2)3)62(95)81-59/h26,28,35,42-45,47,50-56,59-60H,16-25,27,29-34,36-41H2,1-15H3,(H,79,92)(H,80,94)(H,81,95)/t43-,44-,50-,51-,52-,53-,54-,55-,56-,59-,60-/m0/s1. The van der Waals surface area contributed by atoms with Gasteiger partial charge in [0.2, 0.25) is 70.9 Å². The SMILES string of the molecule is CC[C@H](C)[C@@H]1NC(=O)[C@H](CC(C)C)N(C)C(=O)C[C@@H](C(=O)N(C)C)N(C)C(=O)[C@H](C2CCCC2)N(C)C(=O)[C@H](COC)NC(=O)[C@H](CCN2CC(F)(F)C2)N(C)C(=O)[C@H](CCc2ccc(C(F)(F)F)c(Cl)c2)NC(=O)CN(C)C(=O)[C@H](CC2CCCCC2)N(C)C(=O)[C@@H]2CCN2C(=O)[C@H](C)N(C)C1=O. The van der Waals surface area contributed by atoms with Crippen LogP contribution in [-0.4, -0.2) is 296 Å². The van der Waals surface area contributed by atoms with Crippen LogP contribution in [0.25, 0.3) is 0 Å². The van der Waals surface area contributed by atoms with Crippen LogP contribution in [0.15, 0.2) is 18.2 Å². The second-order valence-corrected chi connectivity index (χ2v) is 30.4. The van der Waals surface area contributed by atoms with Crippen molar-refractivity contribution >= 4 is 82.5 Å². The smallest absolute Gasteiger partial charge is 0.382 e. The van der Waals surface area contributed by atoms with Gasteiger partial charge in [-0.2, -0.15) is 13.2 Å². The highest BCUT2D eigenvalue weighted by Gasteiger charge is 2.49. The number of likely N-dealkylation sites (N-methyl/N-ethyl adjacent to an activating group) is 8. The van der Waals surface area contributed by atoms with E-state index in [1.54, 1.807) is 6.92 Å². The van der Waals surface area contributed by atoms with Crippen molar-refractivity contribution < 1.29 is 84.2 Å². The van der Waals surface area contributed by atoms with E-state index in [0.29, 0.717) is 32.1 Å². The van der Waals surface area contributed by atoms with E-state index < -0.39 is 198 Å². The van der Waals surface area contributed by atoms with Crippen molar-refractivity contribution in [1.29, 1.82) is 0 Å². The van der Waals surface area contributed by atoms with Crippen molar-refractivity contribution in [2.24, 2.45) is 23.7 Å². The zero-order valence-corrected chi connectivity index (χ0v) is 63.9. The number of nitrogens with one attached hydrogen (secondary N) is 3. The predicted molar refractivity (Wildman–Crippen MR) is 377 cm³/mol. The molecule has 5 aliphatic rings. The maximum Gasteiger partial charge on any atom is 0.417 e. The lowest BCUT2D eigenvalue weighted by Crippen LogP contribution is -2.65. The molecule has 0 unspecified atom stereocenters. The summed E-state index contributed by atoms with van der Waals surface area (Å²) in [6, 6.07) is -10.8. The molecule has 0 spiro atoms. The molecule has 32 heteroatoms. The molecule has 11 atom stereocenters. The third-order valence-electron chi connectivity index (χ3n) is 21.8. The summed E-state index contributed by atoms with van der Waals surface area (Å²) in [6.07, 6.45) is 0.734. The molecule has 0 bridgehead atoms. The number of aryl methyl sites for hydroxylation is 1. The van der Waals surface area contributed by atoms with E-state index in [2.05, 4.69) is 16.0 Å². The van der Waals surface area contributed by atoms with E-state index >= 15 is 24.0 Å². The third kappa shape index (κ3) is 21.5. The highest BCUT2D eigenvalue weighted by Crippen LogP contribution is 2.37. The van der Waals surface area contributed by atoms with Gasteiger partial charge in [0, 0.05) is 83.6 Å². The van der Waals surface area contributed by atoms with Crippen LogP contribution in [0.3, 0.4) is 0 Å². The van der Waals surface area contributed by atoms with Crippen molar-refractivity contribution in [2.75, 3.05) is 110 Å². The van der Waals surface area contributed by atoms with Gasteiger partial charge in [0.15, 0.2) is 0 Å². The van der Waals surface area contributed by atoms with Crippen LogP contribution in [0, 0.1) is 23.7 Å². The highest BCUT2D eigenvalue weighted by molar-refractivity contribution is 6.31. The van der Waals surface area contributed by atoms with Crippen LogP contribution in [0.2, 0.25) is 5.02 Å². The molecule has 5 fully saturated rings. The summed E-state index contributed by atoms with van der Waals surface area (Å²) in [5.41, 5.74) is -0.936.